The Labute approximate surface area is 115 Å². The number of amidine groups is 1. The molecule has 0 aliphatic carbocycles. The molecule has 0 aliphatic heterocycles. The Morgan fingerprint density at radius 1 is 1.50 bits per heavy atom. The Bertz CT molecular complexity index is 632. The van der Waals surface area contributed by atoms with E-state index in [4.69, 9.17) is 10.9 Å². The molecule has 0 aliphatic rings. The molecular formula is C12H14N6O2. The van der Waals surface area contributed by atoms with Crippen molar-refractivity contribution in [2.24, 2.45) is 17.9 Å². The van der Waals surface area contributed by atoms with E-state index in [1.165, 1.54) is 12.3 Å². The van der Waals surface area contributed by atoms with Crippen molar-refractivity contribution in [3.8, 4) is 0 Å². The molecule has 0 saturated carbocycles. The van der Waals surface area contributed by atoms with Crippen molar-refractivity contribution in [1.82, 2.24) is 19.9 Å². The number of nitrogens with zero attached hydrogens (tertiary/aromatic N) is 4. The molecule has 0 saturated heterocycles. The van der Waals surface area contributed by atoms with Crippen molar-refractivity contribution >= 4 is 11.7 Å². The summed E-state index contributed by atoms with van der Waals surface area (Å²) in [5, 5.41) is 14.1. The molecule has 0 fully saturated rings. The fourth-order valence-corrected chi connectivity index (χ4v) is 1.55. The topological polar surface area (TPSA) is 118 Å². The molecule has 104 valence electrons. The maximum absolute atomic E-state index is 11.9. The number of oxime groups is 1. The summed E-state index contributed by atoms with van der Waals surface area (Å²) in [5.41, 5.74) is 6.09. The molecule has 1 amide bonds. The Morgan fingerprint density at radius 2 is 2.30 bits per heavy atom. The average molecular weight is 274 g/mol. The van der Waals surface area contributed by atoms with Crippen LogP contribution in [-0.4, -0.2) is 31.5 Å². The number of hydrogen-bond acceptors (Lipinski definition) is 5. The van der Waals surface area contributed by atoms with Gasteiger partial charge in [0.1, 0.15) is 11.5 Å². The second kappa shape index (κ2) is 5.83. The van der Waals surface area contributed by atoms with E-state index in [1.54, 1.807) is 18.5 Å². The number of carbonyl (C=O) groups excluding carboxylic acids is 1. The summed E-state index contributed by atoms with van der Waals surface area (Å²) < 4.78 is 1.81. The van der Waals surface area contributed by atoms with Gasteiger partial charge < -0.3 is 20.8 Å². The number of pyridine rings is 1. The van der Waals surface area contributed by atoms with Gasteiger partial charge in [-0.05, 0) is 12.1 Å². The lowest BCUT2D eigenvalue weighted by Gasteiger charge is -2.05. The largest absolute Gasteiger partial charge is 0.409 e. The Balaban J connectivity index is 2.01. The fraction of sp³-hybridized carbons (Fsp3) is 0.167. The van der Waals surface area contributed by atoms with Crippen LogP contribution >= 0.6 is 0 Å². The molecule has 0 atom stereocenters. The molecule has 2 aromatic rings. The van der Waals surface area contributed by atoms with E-state index in [0.717, 1.165) is 5.82 Å². The molecule has 8 heteroatoms. The van der Waals surface area contributed by atoms with E-state index in [9.17, 15) is 4.79 Å². The van der Waals surface area contributed by atoms with Crippen LogP contribution in [0.1, 0.15) is 21.9 Å². The van der Waals surface area contributed by atoms with Crippen LogP contribution in [-0.2, 0) is 13.6 Å². The minimum absolute atomic E-state index is 0.0579. The third-order valence-corrected chi connectivity index (χ3v) is 2.73. The second-order valence-electron chi connectivity index (χ2n) is 4.05. The summed E-state index contributed by atoms with van der Waals surface area (Å²) >= 11 is 0. The number of carbonyl (C=O) groups is 1. The number of nitrogens with one attached hydrogen (secondary N) is 1. The maximum Gasteiger partial charge on any atom is 0.270 e. The van der Waals surface area contributed by atoms with Crippen LogP contribution in [0.2, 0.25) is 0 Å². The number of imidazole rings is 1. The van der Waals surface area contributed by atoms with E-state index < -0.39 is 0 Å². The zero-order valence-corrected chi connectivity index (χ0v) is 10.8. The highest BCUT2D eigenvalue weighted by Crippen LogP contribution is 2.01. The minimum Gasteiger partial charge on any atom is -0.409 e. The van der Waals surface area contributed by atoms with E-state index in [1.807, 2.05) is 11.6 Å². The highest BCUT2D eigenvalue weighted by atomic mass is 16.4. The molecule has 2 rings (SSSR count). The fourth-order valence-electron chi connectivity index (χ4n) is 1.55. The Kier molecular flexibility index (Phi) is 3.94. The highest BCUT2D eigenvalue weighted by Gasteiger charge is 2.09. The molecule has 0 aromatic carbocycles. The molecule has 2 heterocycles. The van der Waals surface area contributed by atoms with Crippen LogP contribution in [0.5, 0.6) is 0 Å². The van der Waals surface area contributed by atoms with Crippen LogP contribution < -0.4 is 11.1 Å². The first-order valence-corrected chi connectivity index (χ1v) is 5.80. The van der Waals surface area contributed by atoms with Gasteiger partial charge in [0.25, 0.3) is 5.91 Å². The lowest BCUT2D eigenvalue weighted by Crippen LogP contribution is -2.25. The lowest BCUT2D eigenvalue weighted by atomic mass is 10.2. The predicted molar refractivity (Wildman–Crippen MR) is 71.1 cm³/mol. The number of aryl methyl sites for hydroxylation is 1. The molecule has 2 aromatic heterocycles. The molecule has 4 N–H and O–H groups in total. The van der Waals surface area contributed by atoms with Gasteiger partial charge in [0.2, 0.25) is 0 Å². The normalized spacial score (nSPS) is 11.3. The number of rotatable bonds is 4. The van der Waals surface area contributed by atoms with Crippen LogP contribution in [0.25, 0.3) is 0 Å². The van der Waals surface area contributed by atoms with Gasteiger partial charge in [0.05, 0.1) is 6.54 Å². The summed E-state index contributed by atoms with van der Waals surface area (Å²) in [7, 11) is 1.85. The van der Waals surface area contributed by atoms with Crippen molar-refractivity contribution in [2.45, 2.75) is 6.54 Å². The summed E-state index contributed by atoms with van der Waals surface area (Å²) in [4.78, 5) is 19.9. The van der Waals surface area contributed by atoms with E-state index >= 15 is 0 Å². The molecule has 0 bridgehead atoms. The van der Waals surface area contributed by atoms with E-state index in [0.29, 0.717) is 12.1 Å². The van der Waals surface area contributed by atoms with Gasteiger partial charge in [-0.2, -0.15) is 0 Å². The van der Waals surface area contributed by atoms with Crippen molar-refractivity contribution in [1.29, 1.82) is 0 Å². The predicted octanol–water partition coefficient (Wildman–Crippen LogP) is -0.160. The number of nitrogens with two attached hydrogens (primary N) is 1. The minimum atomic E-state index is -0.320. The summed E-state index contributed by atoms with van der Waals surface area (Å²) in [5.74, 6) is 0.364. The maximum atomic E-state index is 11.9. The molecule has 0 unspecified atom stereocenters. The summed E-state index contributed by atoms with van der Waals surface area (Å²) in [6, 6.07) is 3.05. The quantitative estimate of drug-likeness (QED) is 0.310. The molecule has 0 spiro atoms. The van der Waals surface area contributed by atoms with Crippen molar-refractivity contribution in [2.75, 3.05) is 0 Å². The molecular weight excluding hydrogens is 260 g/mol. The SMILES string of the molecule is Cn1ccnc1CNC(=O)c1ccc(C(N)=NO)cn1. The monoisotopic (exact) mass is 274 g/mol. The molecule has 8 nitrogen and oxygen atoms in total. The summed E-state index contributed by atoms with van der Waals surface area (Å²) in [6.45, 7) is 0.312. The van der Waals surface area contributed by atoms with Crippen LogP contribution in [0.3, 0.4) is 0 Å². The van der Waals surface area contributed by atoms with Gasteiger partial charge in [-0.25, -0.2) is 4.98 Å². The third-order valence-electron chi connectivity index (χ3n) is 2.73. The molecule has 20 heavy (non-hydrogen) atoms. The first-order chi connectivity index (χ1) is 9.61. The third kappa shape index (κ3) is 2.91. The zero-order chi connectivity index (χ0) is 14.5. The molecule has 0 radical (unpaired) electrons. The lowest BCUT2D eigenvalue weighted by molar-refractivity contribution is 0.0944. The Morgan fingerprint density at radius 3 is 2.85 bits per heavy atom. The number of hydrogen-bond donors (Lipinski definition) is 3. The van der Waals surface area contributed by atoms with Crippen molar-refractivity contribution in [3.05, 3.63) is 47.8 Å². The second-order valence-corrected chi connectivity index (χ2v) is 4.05. The van der Waals surface area contributed by atoms with Gasteiger partial charge in [-0.15, -0.1) is 0 Å². The van der Waals surface area contributed by atoms with Crippen molar-refractivity contribution < 1.29 is 10.0 Å². The zero-order valence-electron chi connectivity index (χ0n) is 10.8. The van der Waals surface area contributed by atoms with Crippen LogP contribution in [0, 0.1) is 0 Å². The standard InChI is InChI=1S/C12H14N6O2/c1-18-5-4-14-10(18)7-16-12(19)9-3-2-8(6-15-9)11(13)17-20/h2-6,20H,7H2,1H3,(H2,13,17)(H,16,19). The summed E-state index contributed by atoms with van der Waals surface area (Å²) in [6.07, 6.45) is 4.82. The van der Waals surface area contributed by atoms with Gasteiger partial charge >= 0.3 is 0 Å². The average Bonchev–Trinajstić information content (AvgIpc) is 2.89. The first kappa shape index (κ1) is 13.5. The first-order valence-electron chi connectivity index (χ1n) is 5.80. The van der Waals surface area contributed by atoms with Crippen molar-refractivity contribution in [3.63, 3.8) is 0 Å². The smallest absolute Gasteiger partial charge is 0.270 e. The van der Waals surface area contributed by atoms with Crippen LogP contribution in [0.15, 0.2) is 35.9 Å². The number of aromatic nitrogens is 3. The van der Waals surface area contributed by atoms with Gasteiger partial charge in [0.15, 0.2) is 5.84 Å². The van der Waals surface area contributed by atoms with E-state index in [2.05, 4.69) is 20.4 Å². The van der Waals surface area contributed by atoms with Gasteiger partial charge in [0, 0.05) is 31.2 Å². The van der Waals surface area contributed by atoms with Crippen LogP contribution in [0.4, 0.5) is 0 Å². The van der Waals surface area contributed by atoms with Gasteiger partial charge in [-0.3, -0.25) is 9.78 Å². The van der Waals surface area contributed by atoms with Gasteiger partial charge in [-0.1, -0.05) is 5.16 Å². The number of amides is 1. The highest BCUT2D eigenvalue weighted by molar-refractivity contribution is 5.98. The van der Waals surface area contributed by atoms with E-state index in [-0.39, 0.29) is 17.4 Å². The Hall–Kier alpha value is -2.90.